The van der Waals surface area contributed by atoms with Crippen LogP contribution in [0.15, 0.2) is 27.8 Å². The maximum absolute atomic E-state index is 5.43. The first-order chi connectivity index (χ1) is 13.6. The molecule has 0 spiro atoms. The van der Waals surface area contributed by atoms with E-state index in [1.165, 1.54) is 30.6 Å². The number of aliphatic imine (C=N–C) groups is 1. The largest absolute Gasteiger partial charge is 0.469 e. The van der Waals surface area contributed by atoms with Crippen molar-refractivity contribution in [2.45, 2.75) is 52.6 Å². The van der Waals surface area contributed by atoms with E-state index in [2.05, 4.69) is 34.5 Å². The molecule has 7 heteroatoms. The molecule has 2 aromatic rings. The Morgan fingerprint density at radius 3 is 2.89 bits per heavy atom. The number of rotatable bonds is 8. The predicted molar refractivity (Wildman–Crippen MR) is 113 cm³/mol. The number of likely N-dealkylation sites (N-methyl/N-ethyl adjacent to an activating group) is 1. The summed E-state index contributed by atoms with van der Waals surface area (Å²) in [4.78, 5) is 7.40. The van der Waals surface area contributed by atoms with E-state index in [9.17, 15) is 0 Å². The maximum atomic E-state index is 5.43. The summed E-state index contributed by atoms with van der Waals surface area (Å²) in [5.74, 6) is 1.84. The van der Waals surface area contributed by atoms with Gasteiger partial charge in [-0.05, 0) is 51.9 Å². The van der Waals surface area contributed by atoms with Gasteiger partial charge in [0.15, 0.2) is 5.96 Å². The second kappa shape index (κ2) is 9.78. The average Bonchev–Trinajstić information content (AvgIpc) is 3.40. The quantitative estimate of drug-likeness (QED) is 0.538. The van der Waals surface area contributed by atoms with Gasteiger partial charge in [-0.25, -0.2) is 4.99 Å². The molecule has 3 rings (SSSR count). The van der Waals surface area contributed by atoms with E-state index in [0.29, 0.717) is 12.6 Å². The second-order valence-corrected chi connectivity index (χ2v) is 7.50. The normalized spacial score (nSPS) is 18.0. The van der Waals surface area contributed by atoms with Gasteiger partial charge in [0.1, 0.15) is 5.76 Å². The van der Waals surface area contributed by atoms with Gasteiger partial charge in [-0.2, -0.15) is 5.10 Å². The number of aryl methyl sites for hydroxylation is 2. The molecule has 1 atom stereocenters. The highest BCUT2D eigenvalue weighted by atomic mass is 16.3. The SMILES string of the molecule is CCN1CCCC1CNC(=NCc1c(C)nn(C)c1C)NCCc1ccco1. The second-order valence-electron chi connectivity index (χ2n) is 7.50. The zero-order chi connectivity index (χ0) is 19.9. The molecule has 0 bridgehead atoms. The Bertz CT molecular complexity index is 764. The number of hydrogen-bond acceptors (Lipinski definition) is 4. The summed E-state index contributed by atoms with van der Waals surface area (Å²) >= 11 is 0. The van der Waals surface area contributed by atoms with E-state index >= 15 is 0 Å². The third-order valence-electron chi connectivity index (χ3n) is 5.71. The van der Waals surface area contributed by atoms with E-state index in [1.807, 2.05) is 30.8 Å². The van der Waals surface area contributed by atoms with Crippen molar-refractivity contribution in [1.29, 1.82) is 0 Å². The van der Waals surface area contributed by atoms with Crippen LogP contribution in [0.2, 0.25) is 0 Å². The van der Waals surface area contributed by atoms with Crippen molar-refractivity contribution in [3.05, 3.63) is 41.1 Å². The van der Waals surface area contributed by atoms with E-state index in [4.69, 9.17) is 9.41 Å². The molecule has 154 valence electrons. The molecule has 0 aliphatic carbocycles. The molecule has 1 saturated heterocycles. The third-order valence-corrected chi connectivity index (χ3v) is 5.71. The van der Waals surface area contributed by atoms with Crippen molar-refractivity contribution in [2.24, 2.45) is 12.0 Å². The summed E-state index contributed by atoms with van der Waals surface area (Å²) < 4.78 is 7.36. The lowest BCUT2D eigenvalue weighted by Crippen LogP contribution is -2.45. The summed E-state index contributed by atoms with van der Waals surface area (Å²) in [5, 5.41) is 11.5. The van der Waals surface area contributed by atoms with Gasteiger partial charge in [-0.1, -0.05) is 6.92 Å². The molecule has 1 aliphatic heterocycles. The third kappa shape index (κ3) is 5.16. The van der Waals surface area contributed by atoms with Gasteiger partial charge < -0.3 is 15.1 Å². The van der Waals surface area contributed by atoms with Crippen molar-refractivity contribution in [1.82, 2.24) is 25.3 Å². The van der Waals surface area contributed by atoms with Crippen LogP contribution in [0, 0.1) is 13.8 Å². The molecule has 2 N–H and O–H groups in total. The number of hydrogen-bond donors (Lipinski definition) is 2. The van der Waals surface area contributed by atoms with Crippen LogP contribution in [-0.4, -0.2) is 52.9 Å². The summed E-state index contributed by atoms with van der Waals surface area (Å²) in [5.41, 5.74) is 3.42. The van der Waals surface area contributed by atoms with Gasteiger partial charge in [0.05, 0.1) is 18.5 Å². The molecule has 0 radical (unpaired) electrons. The van der Waals surface area contributed by atoms with Crippen LogP contribution >= 0.6 is 0 Å². The lowest BCUT2D eigenvalue weighted by molar-refractivity contribution is 0.267. The molecule has 3 heterocycles. The summed E-state index contributed by atoms with van der Waals surface area (Å²) in [7, 11) is 1.98. The number of likely N-dealkylation sites (tertiary alicyclic amines) is 1. The van der Waals surface area contributed by atoms with Gasteiger partial charge in [0, 0.05) is 43.9 Å². The van der Waals surface area contributed by atoms with Crippen LogP contribution in [-0.2, 0) is 20.0 Å². The number of nitrogens with one attached hydrogen (secondary N) is 2. The van der Waals surface area contributed by atoms with Gasteiger partial charge in [0.2, 0.25) is 0 Å². The van der Waals surface area contributed by atoms with Gasteiger partial charge in [-0.15, -0.1) is 0 Å². The topological polar surface area (TPSA) is 70.6 Å². The van der Waals surface area contributed by atoms with Crippen LogP contribution in [0.1, 0.15) is 42.5 Å². The first kappa shape index (κ1) is 20.5. The summed E-state index contributed by atoms with van der Waals surface area (Å²) in [6, 6.07) is 4.52. The lowest BCUT2D eigenvalue weighted by atomic mass is 10.2. The molecular formula is C21H34N6O. The van der Waals surface area contributed by atoms with Gasteiger partial charge >= 0.3 is 0 Å². The van der Waals surface area contributed by atoms with Crippen LogP contribution < -0.4 is 10.6 Å². The molecule has 0 amide bonds. The Kier molecular flexibility index (Phi) is 7.14. The fraction of sp³-hybridized carbons (Fsp3) is 0.619. The lowest BCUT2D eigenvalue weighted by Gasteiger charge is -2.24. The fourth-order valence-corrected chi connectivity index (χ4v) is 3.89. The highest BCUT2D eigenvalue weighted by Crippen LogP contribution is 2.16. The minimum Gasteiger partial charge on any atom is -0.469 e. The molecule has 28 heavy (non-hydrogen) atoms. The summed E-state index contributed by atoms with van der Waals surface area (Å²) in [6.45, 7) is 11.0. The van der Waals surface area contributed by atoms with Crippen LogP contribution in [0.25, 0.3) is 0 Å². The number of aromatic nitrogens is 2. The standard InChI is InChI=1S/C21H34N6O/c1-5-27-12-6-8-18(27)14-23-21(22-11-10-19-9-7-13-28-19)24-15-20-16(2)25-26(4)17(20)3/h7,9,13,18H,5-6,8,10-12,14-15H2,1-4H3,(H2,22,23,24). The highest BCUT2D eigenvalue weighted by molar-refractivity contribution is 5.79. The Hall–Kier alpha value is -2.28. The Morgan fingerprint density at radius 1 is 1.36 bits per heavy atom. The molecular weight excluding hydrogens is 352 g/mol. The monoisotopic (exact) mass is 386 g/mol. The van der Waals surface area contributed by atoms with Crippen LogP contribution in [0.4, 0.5) is 0 Å². The molecule has 7 nitrogen and oxygen atoms in total. The number of guanidine groups is 1. The van der Waals surface area contributed by atoms with Crippen LogP contribution in [0.5, 0.6) is 0 Å². The van der Waals surface area contributed by atoms with Gasteiger partial charge in [0.25, 0.3) is 0 Å². The van der Waals surface area contributed by atoms with Gasteiger partial charge in [-0.3, -0.25) is 9.58 Å². The maximum Gasteiger partial charge on any atom is 0.191 e. The zero-order valence-electron chi connectivity index (χ0n) is 17.7. The zero-order valence-corrected chi connectivity index (χ0v) is 17.7. The van der Waals surface area contributed by atoms with Crippen molar-refractivity contribution >= 4 is 5.96 Å². The number of nitrogens with zero attached hydrogens (tertiary/aromatic N) is 4. The van der Waals surface area contributed by atoms with E-state index in [-0.39, 0.29) is 0 Å². The van der Waals surface area contributed by atoms with E-state index in [0.717, 1.165) is 43.5 Å². The van der Waals surface area contributed by atoms with Crippen molar-refractivity contribution in [2.75, 3.05) is 26.2 Å². The average molecular weight is 387 g/mol. The summed E-state index contributed by atoms with van der Waals surface area (Å²) in [6.07, 6.45) is 5.09. The minimum atomic E-state index is 0.587. The number of furan rings is 1. The fourth-order valence-electron chi connectivity index (χ4n) is 3.89. The highest BCUT2D eigenvalue weighted by Gasteiger charge is 2.22. The van der Waals surface area contributed by atoms with E-state index in [1.54, 1.807) is 6.26 Å². The Balaban J connectivity index is 1.62. The molecule has 0 saturated carbocycles. The van der Waals surface area contributed by atoms with Crippen molar-refractivity contribution in [3.63, 3.8) is 0 Å². The minimum absolute atomic E-state index is 0.587. The Morgan fingerprint density at radius 2 is 2.21 bits per heavy atom. The van der Waals surface area contributed by atoms with Crippen LogP contribution in [0.3, 0.4) is 0 Å². The van der Waals surface area contributed by atoms with Crippen molar-refractivity contribution in [3.8, 4) is 0 Å². The molecule has 1 aliphatic rings. The predicted octanol–water partition coefficient (Wildman–Crippen LogP) is 2.39. The van der Waals surface area contributed by atoms with Crippen molar-refractivity contribution < 1.29 is 4.42 Å². The first-order valence-electron chi connectivity index (χ1n) is 10.4. The molecule has 0 aromatic carbocycles. The molecule has 1 fully saturated rings. The smallest absolute Gasteiger partial charge is 0.191 e. The van der Waals surface area contributed by atoms with E-state index < -0.39 is 0 Å². The molecule has 2 aromatic heterocycles. The first-order valence-corrected chi connectivity index (χ1v) is 10.4. The Labute approximate surface area is 168 Å². The molecule has 1 unspecified atom stereocenters.